The summed E-state index contributed by atoms with van der Waals surface area (Å²) in [5, 5.41) is 2.86. The number of carbonyl (C=O) groups excluding carboxylic acids is 3. The largest absolute Gasteiger partial charge is 0.490 e. The summed E-state index contributed by atoms with van der Waals surface area (Å²) in [7, 11) is 0. The number of nitrogens with zero attached hydrogens (tertiary/aromatic N) is 2. The summed E-state index contributed by atoms with van der Waals surface area (Å²) in [6, 6.07) is 14.9. The van der Waals surface area contributed by atoms with E-state index in [2.05, 4.69) is 5.32 Å². The van der Waals surface area contributed by atoms with Crippen molar-refractivity contribution < 1.29 is 19.1 Å². The molecule has 2 aliphatic rings. The van der Waals surface area contributed by atoms with Crippen LogP contribution in [0.3, 0.4) is 0 Å². The highest BCUT2D eigenvalue weighted by Crippen LogP contribution is 2.31. The van der Waals surface area contributed by atoms with Crippen molar-refractivity contribution in [3.05, 3.63) is 54.1 Å². The number of para-hydroxylation sites is 2. The first-order valence-corrected chi connectivity index (χ1v) is 10.3. The molecule has 0 aliphatic carbocycles. The van der Waals surface area contributed by atoms with E-state index in [-0.39, 0.29) is 30.6 Å². The molecule has 2 aromatic rings. The molecule has 1 saturated heterocycles. The number of amides is 3. The zero-order valence-electron chi connectivity index (χ0n) is 16.8. The Morgan fingerprint density at radius 2 is 1.90 bits per heavy atom. The van der Waals surface area contributed by atoms with Crippen molar-refractivity contribution in [2.45, 2.75) is 32.2 Å². The summed E-state index contributed by atoms with van der Waals surface area (Å²) >= 11 is 0. The Hall–Kier alpha value is -3.35. The van der Waals surface area contributed by atoms with Crippen molar-refractivity contribution in [2.24, 2.45) is 0 Å². The third-order valence-electron chi connectivity index (χ3n) is 5.35. The quantitative estimate of drug-likeness (QED) is 0.799. The molecule has 1 N–H and O–H groups in total. The van der Waals surface area contributed by atoms with Gasteiger partial charge in [0, 0.05) is 38.0 Å². The Bertz CT molecular complexity index is 959. The lowest BCUT2D eigenvalue weighted by Gasteiger charge is -2.29. The van der Waals surface area contributed by atoms with E-state index in [9.17, 15) is 14.4 Å². The maximum Gasteiger partial charge on any atom is 0.227 e. The normalized spacial score (nSPS) is 15.5. The number of hydrogen-bond acceptors (Lipinski definition) is 4. The first kappa shape index (κ1) is 19.9. The molecule has 4 rings (SSSR count). The van der Waals surface area contributed by atoms with E-state index >= 15 is 0 Å². The molecule has 2 aliphatic heterocycles. The average Bonchev–Trinajstić information content (AvgIpc) is 3.16. The van der Waals surface area contributed by atoms with Crippen LogP contribution in [0.2, 0.25) is 0 Å². The van der Waals surface area contributed by atoms with Crippen molar-refractivity contribution >= 4 is 29.1 Å². The van der Waals surface area contributed by atoms with Gasteiger partial charge in [-0.2, -0.15) is 0 Å². The zero-order chi connectivity index (χ0) is 20.9. The highest BCUT2D eigenvalue weighted by molar-refractivity contribution is 5.99. The minimum absolute atomic E-state index is 0.0952. The molecule has 30 heavy (non-hydrogen) atoms. The second kappa shape index (κ2) is 8.98. The Labute approximate surface area is 175 Å². The van der Waals surface area contributed by atoms with Crippen molar-refractivity contribution in [2.75, 3.05) is 29.9 Å². The summed E-state index contributed by atoms with van der Waals surface area (Å²) in [5.41, 5.74) is 2.40. The first-order chi connectivity index (χ1) is 14.6. The lowest BCUT2D eigenvalue weighted by molar-refractivity contribution is -0.128. The molecule has 0 spiro atoms. The molecule has 3 amide bonds. The standard InChI is InChI=1S/C23H25N3O4/c27-21(10-11-23(29)26-13-14-30-20-8-2-1-7-19(20)26)24-18-6-3-5-17(15-18)16-25-12-4-9-22(25)28/h1-3,5-8,15H,4,9-14,16H2,(H,24,27). The van der Waals surface area contributed by atoms with Crippen LogP contribution in [-0.2, 0) is 20.9 Å². The number of carbonyl (C=O) groups is 3. The van der Waals surface area contributed by atoms with Crippen LogP contribution >= 0.6 is 0 Å². The molecule has 1 fully saturated rings. The fourth-order valence-electron chi connectivity index (χ4n) is 3.85. The van der Waals surface area contributed by atoms with Crippen LogP contribution in [0.25, 0.3) is 0 Å². The van der Waals surface area contributed by atoms with Gasteiger partial charge in [0.15, 0.2) is 0 Å². The number of ether oxygens (including phenoxy) is 1. The Kier molecular flexibility index (Phi) is 5.97. The maximum absolute atomic E-state index is 12.6. The Morgan fingerprint density at radius 3 is 2.73 bits per heavy atom. The number of anilines is 2. The number of benzene rings is 2. The predicted octanol–water partition coefficient (Wildman–Crippen LogP) is 2.95. The van der Waals surface area contributed by atoms with Crippen LogP contribution in [-0.4, -0.2) is 42.3 Å². The topological polar surface area (TPSA) is 79.0 Å². The highest BCUT2D eigenvalue weighted by Gasteiger charge is 2.23. The molecular weight excluding hydrogens is 382 g/mol. The number of likely N-dealkylation sites (tertiary alicyclic amines) is 1. The van der Waals surface area contributed by atoms with Gasteiger partial charge in [0.25, 0.3) is 0 Å². The van der Waals surface area contributed by atoms with Gasteiger partial charge >= 0.3 is 0 Å². The van der Waals surface area contributed by atoms with E-state index in [1.807, 2.05) is 53.4 Å². The van der Waals surface area contributed by atoms with Crippen LogP contribution in [0, 0.1) is 0 Å². The molecule has 0 atom stereocenters. The Balaban J connectivity index is 1.30. The van der Waals surface area contributed by atoms with Crippen molar-refractivity contribution in [3.63, 3.8) is 0 Å². The molecule has 0 aromatic heterocycles. The molecule has 0 saturated carbocycles. The number of hydrogen-bond donors (Lipinski definition) is 1. The average molecular weight is 407 g/mol. The van der Waals surface area contributed by atoms with Crippen LogP contribution in [0.15, 0.2) is 48.5 Å². The lowest BCUT2D eigenvalue weighted by Crippen LogP contribution is -2.38. The van der Waals surface area contributed by atoms with E-state index in [1.165, 1.54) is 0 Å². The molecule has 7 heteroatoms. The zero-order valence-corrected chi connectivity index (χ0v) is 16.8. The van der Waals surface area contributed by atoms with E-state index in [0.29, 0.717) is 37.6 Å². The molecular formula is C23H25N3O4. The minimum Gasteiger partial charge on any atom is -0.490 e. The van der Waals surface area contributed by atoms with Crippen LogP contribution in [0.5, 0.6) is 5.75 Å². The molecule has 156 valence electrons. The summed E-state index contributed by atoms with van der Waals surface area (Å²) < 4.78 is 5.58. The van der Waals surface area contributed by atoms with Gasteiger partial charge in [-0.05, 0) is 36.2 Å². The van der Waals surface area contributed by atoms with Gasteiger partial charge in [-0.15, -0.1) is 0 Å². The SMILES string of the molecule is O=C(CCC(=O)N1CCOc2ccccc21)Nc1cccc(CN2CCCC2=O)c1. The molecule has 2 heterocycles. The molecule has 2 aromatic carbocycles. The van der Waals surface area contributed by atoms with Gasteiger partial charge < -0.3 is 19.9 Å². The van der Waals surface area contributed by atoms with Gasteiger partial charge in [0.05, 0.1) is 12.2 Å². The van der Waals surface area contributed by atoms with Crippen LogP contribution < -0.4 is 15.0 Å². The maximum atomic E-state index is 12.6. The van der Waals surface area contributed by atoms with Gasteiger partial charge in [0.2, 0.25) is 17.7 Å². The highest BCUT2D eigenvalue weighted by atomic mass is 16.5. The number of rotatable bonds is 6. The van der Waals surface area contributed by atoms with Gasteiger partial charge in [-0.1, -0.05) is 24.3 Å². The van der Waals surface area contributed by atoms with Crippen molar-refractivity contribution in [3.8, 4) is 5.75 Å². The van der Waals surface area contributed by atoms with Crippen molar-refractivity contribution in [1.82, 2.24) is 4.90 Å². The lowest BCUT2D eigenvalue weighted by atomic mass is 10.1. The van der Waals surface area contributed by atoms with Crippen LogP contribution in [0.4, 0.5) is 11.4 Å². The van der Waals surface area contributed by atoms with Gasteiger partial charge in [-0.3, -0.25) is 14.4 Å². The van der Waals surface area contributed by atoms with E-state index in [4.69, 9.17) is 4.74 Å². The third-order valence-corrected chi connectivity index (χ3v) is 5.35. The van der Waals surface area contributed by atoms with Gasteiger partial charge in [0.1, 0.15) is 12.4 Å². The fraction of sp³-hybridized carbons (Fsp3) is 0.348. The second-order valence-corrected chi connectivity index (χ2v) is 7.53. The van der Waals surface area contributed by atoms with Crippen molar-refractivity contribution in [1.29, 1.82) is 0 Å². The summed E-state index contributed by atoms with van der Waals surface area (Å²) in [5.74, 6) is 0.559. The molecule has 7 nitrogen and oxygen atoms in total. The first-order valence-electron chi connectivity index (χ1n) is 10.3. The Morgan fingerprint density at radius 1 is 1.03 bits per heavy atom. The van der Waals surface area contributed by atoms with E-state index in [0.717, 1.165) is 24.2 Å². The van der Waals surface area contributed by atoms with Gasteiger partial charge in [-0.25, -0.2) is 0 Å². The summed E-state index contributed by atoms with van der Waals surface area (Å²) in [6.45, 7) is 2.26. The molecule has 0 radical (unpaired) electrons. The summed E-state index contributed by atoms with van der Waals surface area (Å²) in [4.78, 5) is 40.4. The smallest absolute Gasteiger partial charge is 0.227 e. The van der Waals surface area contributed by atoms with E-state index in [1.54, 1.807) is 4.90 Å². The number of fused-ring (bicyclic) bond motifs is 1. The predicted molar refractivity (Wildman–Crippen MR) is 113 cm³/mol. The minimum atomic E-state index is -0.209. The number of nitrogens with one attached hydrogen (secondary N) is 1. The monoisotopic (exact) mass is 407 g/mol. The van der Waals surface area contributed by atoms with Crippen LogP contribution in [0.1, 0.15) is 31.2 Å². The van der Waals surface area contributed by atoms with E-state index < -0.39 is 0 Å². The third kappa shape index (κ3) is 4.62. The molecule has 0 unspecified atom stereocenters. The molecule has 0 bridgehead atoms. The second-order valence-electron chi connectivity index (χ2n) is 7.53. The fourth-order valence-corrected chi connectivity index (χ4v) is 3.85. The summed E-state index contributed by atoms with van der Waals surface area (Å²) in [6.07, 6.45) is 1.74.